The topological polar surface area (TPSA) is 64.3 Å². The molecule has 0 atom stereocenters. The number of benzene rings is 1. The Labute approximate surface area is 115 Å². The van der Waals surface area contributed by atoms with E-state index >= 15 is 0 Å². The minimum absolute atomic E-state index is 0.101. The van der Waals surface area contributed by atoms with Gasteiger partial charge in [0.15, 0.2) is 0 Å². The van der Waals surface area contributed by atoms with E-state index in [0.717, 1.165) is 25.0 Å². The van der Waals surface area contributed by atoms with Gasteiger partial charge in [-0.1, -0.05) is 12.1 Å². The predicted octanol–water partition coefficient (Wildman–Crippen LogP) is 2.01. The van der Waals surface area contributed by atoms with Gasteiger partial charge in [0.2, 0.25) is 5.91 Å². The van der Waals surface area contributed by atoms with Gasteiger partial charge >= 0.3 is 0 Å². The molecule has 0 aliphatic heterocycles. The number of hydrogen-bond acceptors (Lipinski definition) is 3. The third-order valence-corrected chi connectivity index (χ3v) is 2.76. The average molecular weight is 264 g/mol. The van der Waals surface area contributed by atoms with Crippen molar-refractivity contribution in [2.75, 3.05) is 19.7 Å². The summed E-state index contributed by atoms with van der Waals surface area (Å²) in [6.07, 6.45) is 3.13. The Kier molecular flexibility index (Phi) is 7.66. The van der Waals surface area contributed by atoms with Crippen LogP contribution in [-0.2, 0) is 4.79 Å². The molecular formula is C15H24N2O2. The minimum atomic E-state index is 0.101. The zero-order chi connectivity index (χ0) is 13.9. The fourth-order valence-corrected chi connectivity index (χ4v) is 1.70. The van der Waals surface area contributed by atoms with Gasteiger partial charge in [-0.3, -0.25) is 4.79 Å². The Morgan fingerprint density at radius 3 is 2.89 bits per heavy atom. The molecule has 106 valence electrons. The second-order valence-electron chi connectivity index (χ2n) is 4.61. The fourth-order valence-electron chi connectivity index (χ4n) is 1.70. The summed E-state index contributed by atoms with van der Waals surface area (Å²) in [6, 6.07) is 7.99. The van der Waals surface area contributed by atoms with Crippen molar-refractivity contribution in [2.24, 2.45) is 5.73 Å². The molecule has 19 heavy (non-hydrogen) atoms. The van der Waals surface area contributed by atoms with Gasteiger partial charge in [0.25, 0.3) is 0 Å². The maximum atomic E-state index is 11.4. The highest BCUT2D eigenvalue weighted by atomic mass is 16.5. The molecule has 4 nitrogen and oxygen atoms in total. The molecule has 0 aliphatic rings. The van der Waals surface area contributed by atoms with E-state index in [-0.39, 0.29) is 5.91 Å². The average Bonchev–Trinajstić information content (AvgIpc) is 2.39. The molecule has 1 aromatic rings. The lowest BCUT2D eigenvalue weighted by Crippen LogP contribution is -2.25. The Morgan fingerprint density at radius 2 is 2.16 bits per heavy atom. The second-order valence-corrected chi connectivity index (χ2v) is 4.61. The molecule has 0 aliphatic carbocycles. The summed E-state index contributed by atoms with van der Waals surface area (Å²) in [7, 11) is 0. The number of aryl methyl sites for hydroxylation is 1. The van der Waals surface area contributed by atoms with Crippen LogP contribution in [0.2, 0.25) is 0 Å². The maximum absolute atomic E-state index is 11.4. The molecule has 0 saturated carbocycles. The summed E-state index contributed by atoms with van der Waals surface area (Å²) >= 11 is 0. The summed E-state index contributed by atoms with van der Waals surface area (Å²) in [4.78, 5) is 11.4. The normalized spacial score (nSPS) is 10.2. The molecule has 1 amide bonds. The number of hydrogen-bond donors (Lipinski definition) is 2. The first kappa shape index (κ1) is 15.5. The largest absolute Gasteiger partial charge is 0.494 e. The molecule has 0 aromatic heterocycles. The first-order valence-corrected chi connectivity index (χ1v) is 6.88. The van der Waals surface area contributed by atoms with Gasteiger partial charge in [0.1, 0.15) is 5.75 Å². The standard InChI is InChI=1S/C15H24N2O2/c1-13-6-4-7-14(12-13)19-11-3-2-8-15(18)17-10-5-9-16/h4,6-7,12H,2-3,5,8-11,16H2,1H3,(H,17,18). The highest BCUT2D eigenvalue weighted by molar-refractivity contribution is 5.75. The number of rotatable bonds is 9. The Morgan fingerprint density at radius 1 is 1.32 bits per heavy atom. The molecule has 1 aromatic carbocycles. The smallest absolute Gasteiger partial charge is 0.219 e. The highest BCUT2D eigenvalue weighted by Crippen LogP contribution is 2.12. The number of amides is 1. The quantitative estimate of drug-likeness (QED) is 0.671. The molecule has 0 radical (unpaired) electrons. The fraction of sp³-hybridized carbons (Fsp3) is 0.533. The lowest BCUT2D eigenvalue weighted by atomic mass is 10.2. The zero-order valence-corrected chi connectivity index (χ0v) is 11.7. The molecule has 1 rings (SSSR count). The summed E-state index contributed by atoms with van der Waals surface area (Å²) in [5.74, 6) is 0.997. The maximum Gasteiger partial charge on any atom is 0.219 e. The van der Waals surface area contributed by atoms with Crippen LogP contribution >= 0.6 is 0 Å². The van der Waals surface area contributed by atoms with E-state index in [9.17, 15) is 4.79 Å². The number of unbranched alkanes of at least 4 members (excludes halogenated alkanes) is 1. The van der Waals surface area contributed by atoms with E-state index in [1.807, 2.05) is 31.2 Å². The van der Waals surface area contributed by atoms with Crippen LogP contribution in [0, 0.1) is 6.92 Å². The Balaban J connectivity index is 2.03. The number of carbonyl (C=O) groups excluding carboxylic acids is 1. The van der Waals surface area contributed by atoms with Crippen LogP contribution in [0.5, 0.6) is 5.75 Å². The van der Waals surface area contributed by atoms with Crippen LogP contribution in [0.15, 0.2) is 24.3 Å². The summed E-state index contributed by atoms with van der Waals surface area (Å²) in [5, 5.41) is 2.84. The summed E-state index contributed by atoms with van der Waals surface area (Å²) < 4.78 is 5.62. The molecule has 4 heteroatoms. The van der Waals surface area contributed by atoms with Gasteiger partial charge in [-0.2, -0.15) is 0 Å². The molecular weight excluding hydrogens is 240 g/mol. The molecule has 3 N–H and O–H groups in total. The van der Waals surface area contributed by atoms with Crippen molar-refractivity contribution in [1.82, 2.24) is 5.32 Å². The van der Waals surface area contributed by atoms with Crippen LogP contribution in [0.1, 0.15) is 31.2 Å². The van der Waals surface area contributed by atoms with Gasteiger partial charge in [0, 0.05) is 13.0 Å². The van der Waals surface area contributed by atoms with Crippen LogP contribution in [0.25, 0.3) is 0 Å². The van der Waals surface area contributed by atoms with Crippen molar-refractivity contribution in [3.8, 4) is 5.75 Å². The van der Waals surface area contributed by atoms with E-state index in [0.29, 0.717) is 26.1 Å². The zero-order valence-electron chi connectivity index (χ0n) is 11.7. The van der Waals surface area contributed by atoms with Gasteiger partial charge in [-0.05, 0) is 50.4 Å². The molecule has 0 bridgehead atoms. The van der Waals surface area contributed by atoms with Crippen molar-refractivity contribution in [2.45, 2.75) is 32.6 Å². The lowest BCUT2D eigenvalue weighted by molar-refractivity contribution is -0.121. The van der Waals surface area contributed by atoms with Crippen molar-refractivity contribution in [3.63, 3.8) is 0 Å². The van der Waals surface area contributed by atoms with Crippen LogP contribution < -0.4 is 15.8 Å². The first-order chi connectivity index (χ1) is 9.22. The summed E-state index contributed by atoms with van der Waals surface area (Å²) in [5.41, 5.74) is 6.54. The van der Waals surface area contributed by atoms with E-state index in [2.05, 4.69) is 5.32 Å². The lowest BCUT2D eigenvalue weighted by Gasteiger charge is -2.07. The van der Waals surface area contributed by atoms with Crippen molar-refractivity contribution in [3.05, 3.63) is 29.8 Å². The molecule has 0 saturated heterocycles. The Hall–Kier alpha value is -1.55. The number of ether oxygens (including phenoxy) is 1. The number of carbonyl (C=O) groups is 1. The molecule has 0 spiro atoms. The van der Waals surface area contributed by atoms with Crippen LogP contribution in [0.4, 0.5) is 0 Å². The van der Waals surface area contributed by atoms with Gasteiger partial charge in [0.05, 0.1) is 6.61 Å². The predicted molar refractivity (Wildman–Crippen MR) is 77.2 cm³/mol. The third kappa shape index (κ3) is 7.47. The van der Waals surface area contributed by atoms with Crippen molar-refractivity contribution < 1.29 is 9.53 Å². The monoisotopic (exact) mass is 264 g/mol. The molecule has 0 heterocycles. The second kappa shape index (κ2) is 9.39. The van der Waals surface area contributed by atoms with E-state index in [4.69, 9.17) is 10.5 Å². The first-order valence-electron chi connectivity index (χ1n) is 6.88. The van der Waals surface area contributed by atoms with Crippen molar-refractivity contribution in [1.29, 1.82) is 0 Å². The van der Waals surface area contributed by atoms with Crippen LogP contribution in [-0.4, -0.2) is 25.6 Å². The SMILES string of the molecule is Cc1cccc(OCCCCC(=O)NCCCN)c1. The van der Waals surface area contributed by atoms with E-state index in [1.54, 1.807) is 0 Å². The van der Waals surface area contributed by atoms with Crippen molar-refractivity contribution >= 4 is 5.91 Å². The highest BCUT2D eigenvalue weighted by Gasteiger charge is 2.00. The molecule has 0 unspecified atom stereocenters. The molecule has 0 fully saturated rings. The van der Waals surface area contributed by atoms with Gasteiger partial charge in [-0.15, -0.1) is 0 Å². The number of nitrogens with two attached hydrogens (primary N) is 1. The third-order valence-electron chi connectivity index (χ3n) is 2.76. The minimum Gasteiger partial charge on any atom is -0.494 e. The van der Waals surface area contributed by atoms with Gasteiger partial charge in [-0.25, -0.2) is 0 Å². The van der Waals surface area contributed by atoms with E-state index < -0.39 is 0 Å². The Bertz CT molecular complexity index is 380. The van der Waals surface area contributed by atoms with E-state index in [1.165, 1.54) is 5.56 Å². The summed E-state index contributed by atoms with van der Waals surface area (Å²) in [6.45, 7) is 3.98. The van der Waals surface area contributed by atoms with Gasteiger partial charge < -0.3 is 15.8 Å². The van der Waals surface area contributed by atoms with Crippen LogP contribution in [0.3, 0.4) is 0 Å². The number of nitrogens with one attached hydrogen (secondary N) is 1.